The van der Waals surface area contributed by atoms with Crippen molar-refractivity contribution in [3.05, 3.63) is 17.5 Å². The number of nitrogens with zero attached hydrogens (tertiary/aromatic N) is 2. The fraction of sp³-hybridized carbons (Fsp3) is 0.643. The van der Waals surface area contributed by atoms with Crippen LogP contribution in [-0.2, 0) is 23.2 Å². The van der Waals surface area contributed by atoms with Gasteiger partial charge in [-0.05, 0) is 25.7 Å². The van der Waals surface area contributed by atoms with Gasteiger partial charge in [0.05, 0.1) is 18.0 Å². The maximum absolute atomic E-state index is 12.2. The number of aryl methyl sites for hydroxylation is 1. The van der Waals surface area contributed by atoms with E-state index in [4.69, 9.17) is 0 Å². The third-order valence-corrected chi connectivity index (χ3v) is 4.24. The van der Waals surface area contributed by atoms with Gasteiger partial charge in [0.1, 0.15) is 0 Å². The molecule has 0 radical (unpaired) electrons. The minimum Gasteiger partial charge on any atom is -0.481 e. The molecule has 1 saturated carbocycles. The molecule has 1 aliphatic carbocycles. The first-order valence-electron chi connectivity index (χ1n) is 6.88. The molecule has 0 aromatic carbocycles. The van der Waals surface area contributed by atoms with Crippen LogP contribution in [0.3, 0.4) is 0 Å². The number of amides is 1. The summed E-state index contributed by atoms with van der Waals surface area (Å²) in [5.41, 5.74) is 1.96. The molecule has 2 N–H and O–H groups in total. The number of carbonyl (C=O) groups excluding carboxylic acids is 1. The van der Waals surface area contributed by atoms with E-state index >= 15 is 0 Å². The number of nitrogens with one attached hydrogen (secondary N) is 1. The smallest absolute Gasteiger partial charge is 0.307 e. The van der Waals surface area contributed by atoms with E-state index in [0.717, 1.165) is 11.3 Å². The van der Waals surface area contributed by atoms with Gasteiger partial charge in [0.15, 0.2) is 0 Å². The Kier molecular flexibility index (Phi) is 4.11. The Morgan fingerprint density at radius 2 is 2.10 bits per heavy atom. The number of hydrogen-bond donors (Lipinski definition) is 2. The van der Waals surface area contributed by atoms with Crippen molar-refractivity contribution in [3.8, 4) is 0 Å². The first kappa shape index (κ1) is 14.6. The van der Waals surface area contributed by atoms with Crippen LogP contribution in [0.25, 0.3) is 0 Å². The highest BCUT2D eigenvalue weighted by Crippen LogP contribution is 2.36. The third-order valence-electron chi connectivity index (χ3n) is 4.24. The van der Waals surface area contributed by atoms with Gasteiger partial charge < -0.3 is 10.4 Å². The zero-order valence-corrected chi connectivity index (χ0v) is 12.1. The van der Waals surface area contributed by atoms with Crippen molar-refractivity contribution >= 4 is 11.9 Å². The van der Waals surface area contributed by atoms with Gasteiger partial charge >= 0.3 is 5.97 Å². The van der Waals surface area contributed by atoms with Crippen LogP contribution in [-0.4, -0.2) is 26.8 Å². The molecule has 3 atom stereocenters. The van der Waals surface area contributed by atoms with Gasteiger partial charge in [-0.1, -0.05) is 6.92 Å². The summed E-state index contributed by atoms with van der Waals surface area (Å²) in [5.74, 6) is -1.72. The molecule has 0 saturated heterocycles. The van der Waals surface area contributed by atoms with Crippen molar-refractivity contribution in [1.82, 2.24) is 15.1 Å². The Hall–Kier alpha value is -1.85. The molecule has 1 amide bonds. The molecule has 6 nitrogen and oxygen atoms in total. The van der Waals surface area contributed by atoms with Gasteiger partial charge in [0.2, 0.25) is 5.91 Å². The Balaban J connectivity index is 1.98. The lowest BCUT2D eigenvalue weighted by Gasteiger charge is -2.15. The molecule has 1 aromatic heterocycles. The molecular formula is C14H21N3O3. The monoisotopic (exact) mass is 279 g/mol. The molecule has 110 valence electrons. The number of rotatable bonds is 4. The highest BCUT2D eigenvalue weighted by molar-refractivity contribution is 5.85. The van der Waals surface area contributed by atoms with Crippen LogP contribution in [0.5, 0.6) is 0 Å². The van der Waals surface area contributed by atoms with E-state index in [1.54, 1.807) is 10.9 Å². The first-order valence-corrected chi connectivity index (χ1v) is 6.88. The maximum Gasteiger partial charge on any atom is 0.307 e. The zero-order valence-electron chi connectivity index (χ0n) is 12.1. The van der Waals surface area contributed by atoms with Crippen LogP contribution in [0, 0.1) is 24.7 Å². The topological polar surface area (TPSA) is 84.2 Å². The summed E-state index contributed by atoms with van der Waals surface area (Å²) in [6.07, 6.45) is 2.95. The largest absolute Gasteiger partial charge is 0.481 e. The minimum absolute atomic E-state index is 0.162. The lowest BCUT2D eigenvalue weighted by Crippen LogP contribution is -2.35. The summed E-state index contributed by atoms with van der Waals surface area (Å²) >= 11 is 0. The van der Waals surface area contributed by atoms with Crippen LogP contribution in [0.15, 0.2) is 6.20 Å². The van der Waals surface area contributed by atoms with E-state index in [0.29, 0.717) is 19.4 Å². The lowest BCUT2D eigenvalue weighted by molar-refractivity contribution is -0.146. The SMILES string of the molecule is Cc1c(CNC(=O)C2CC(C)CC2C(=O)O)cnn1C. The molecule has 0 bridgehead atoms. The predicted octanol–water partition coefficient (Wildman–Crippen LogP) is 1.09. The minimum atomic E-state index is -0.868. The van der Waals surface area contributed by atoms with Gasteiger partial charge in [-0.15, -0.1) is 0 Å². The van der Waals surface area contributed by atoms with Gasteiger partial charge in [0.25, 0.3) is 0 Å². The van der Waals surface area contributed by atoms with E-state index in [-0.39, 0.29) is 11.8 Å². The fourth-order valence-electron chi connectivity index (χ4n) is 2.89. The summed E-state index contributed by atoms with van der Waals surface area (Å²) in [6, 6.07) is 0. The summed E-state index contributed by atoms with van der Waals surface area (Å²) in [4.78, 5) is 23.4. The Bertz CT molecular complexity index is 524. The summed E-state index contributed by atoms with van der Waals surface area (Å²) in [7, 11) is 1.85. The molecule has 1 aromatic rings. The van der Waals surface area contributed by atoms with Crippen LogP contribution >= 0.6 is 0 Å². The predicted molar refractivity (Wildman–Crippen MR) is 72.8 cm³/mol. The van der Waals surface area contributed by atoms with E-state index in [1.165, 1.54) is 0 Å². The lowest BCUT2D eigenvalue weighted by atomic mass is 9.95. The number of carbonyl (C=O) groups is 2. The van der Waals surface area contributed by atoms with Crippen molar-refractivity contribution in [2.24, 2.45) is 24.8 Å². The molecular weight excluding hydrogens is 258 g/mol. The van der Waals surface area contributed by atoms with E-state index in [1.807, 2.05) is 20.9 Å². The highest BCUT2D eigenvalue weighted by atomic mass is 16.4. The average Bonchev–Trinajstić information content (AvgIpc) is 2.92. The molecule has 3 unspecified atom stereocenters. The van der Waals surface area contributed by atoms with Crippen LogP contribution < -0.4 is 5.32 Å². The normalized spacial score (nSPS) is 25.6. The molecule has 0 aliphatic heterocycles. The number of aliphatic carboxylic acids is 1. The fourth-order valence-corrected chi connectivity index (χ4v) is 2.89. The molecule has 2 rings (SSSR count). The molecule has 1 fully saturated rings. The second-order valence-corrected chi connectivity index (χ2v) is 5.72. The van der Waals surface area contributed by atoms with Crippen molar-refractivity contribution in [3.63, 3.8) is 0 Å². The molecule has 6 heteroatoms. The number of hydrogen-bond acceptors (Lipinski definition) is 3. The Morgan fingerprint density at radius 1 is 1.45 bits per heavy atom. The van der Waals surface area contributed by atoms with Crippen molar-refractivity contribution < 1.29 is 14.7 Å². The van der Waals surface area contributed by atoms with Gasteiger partial charge in [0, 0.05) is 24.8 Å². The van der Waals surface area contributed by atoms with Gasteiger partial charge in [-0.3, -0.25) is 14.3 Å². The van der Waals surface area contributed by atoms with E-state index < -0.39 is 17.8 Å². The number of carboxylic acid groups (broad SMARTS) is 1. The second-order valence-electron chi connectivity index (χ2n) is 5.72. The van der Waals surface area contributed by atoms with Crippen LogP contribution in [0.2, 0.25) is 0 Å². The van der Waals surface area contributed by atoms with Crippen molar-refractivity contribution in [1.29, 1.82) is 0 Å². The quantitative estimate of drug-likeness (QED) is 0.864. The van der Waals surface area contributed by atoms with Crippen molar-refractivity contribution in [2.45, 2.75) is 33.2 Å². The number of aromatic nitrogens is 2. The molecule has 0 spiro atoms. The zero-order chi connectivity index (χ0) is 14.9. The van der Waals surface area contributed by atoms with E-state index in [9.17, 15) is 14.7 Å². The molecule has 20 heavy (non-hydrogen) atoms. The van der Waals surface area contributed by atoms with Crippen LogP contribution in [0.4, 0.5) is 0 Å². The summed E-state index contributed by atoms with van der Waals surface area (Å²) in [6.45, 7) is 4.33. The number of carboxylic acids is 1. The summed E-state index contributed by atoms with van der Waals surface area (Å²) in [5, 5.41) is 16.2. The Morgan fingerprint density at radius 3 is 2.65 bits per heavy atom. The van der Waals surface area contributed by atoms with Gasteiger partial charge in [-0.25, -0.2) is 0 Å². The van der Waals surface area contributed by atoms with E-state index in [2.05, 4.69) is 10.4 Å². The standard InChI is InChI=1S/C14H21N3O3/c1-8-4-11(12(5-8)14(19)20)13(18)15-6-10-7-16-17(3)9(10)2/h7-8,11-12H,4-6H2,1-3H3,(H,15,18)(H,19,20). The third kappa shape index (κ3) is 2.84. The van der Waals surface area contributed by atoms with Gasteiger partial charge in [-0.2, -0.15) is 5.10 Å². The summed E-state index contributed by atoms with van der Waals surface area (Å²) < 4.78 is 1.75. The van der Waals surface area contributed by atoms with Crippen LogP contribution in [0.1, 0.15) is 31.0 Å². The molecule has 1 heterocycles. The highest BCUT2D eigenvalue weighted by Gasteiger charge is 2.41. The van der Waals surface area contributed by atoms with Crippen molar-refractivity contribution in [2.75, 3.05) is 0 Å². The average molecular weight is 279 g/mol. The second kappa shape index (κ2) is 5.64. The maximum atomic E-state index is 12.2. The Labute approximate surface area is 118 Å². The first-order chi connectivity index (χ1) is 9.40. The molecule has 1 aliphatic rings.